The van der Waals surface area contributed by atoms with E-state index in [4.69, 9.17) is 11.6 Å². The zero-order chi connectivity index (χ0) is 11.3. The SMILES string of the molecule is COC(=O)C(NC=O)c1ccccc1Cl. The highest BCUT2D eigenvalue weighted by atomic mass is 35.5. The lowest BCUT2D eigenvalue weighted by Crippen LogP contribution is -2.28. The molecule has 80 valence electrons. The maximum atomic E-state index is 11.4. The van der Waals surface area contributed by atoms with E-state index >= 15 is 0 Å². The van der Waals surface area contributed by atoms with E-state index in [1.54, 1.807) is 24.3 Å². The van der Waals surface area contributed by atoms with E-state index in [2.05, 4.69) is 10.1 Å². The molecule has 1 N–H and O–H groups in total. The van der Waals surface area contributed by atoms with Crippen LogP contribution in [0.5, 0.6) is 0 Å². The second kappa shape index (κ2) is 5.36. The van der Waals surface area contributed by atoms with E-state index in [1.807, 2.05) is 0 Å². The van der Waals surface area contributed by atoms with Gasteiger partial charge < -0.3 is 10.1 Å². The monoisotopic (exact) mass is 227 g/mol. The molecule has 0 spiro atoms. The molecule has 0 radical (unpaired) electrons. The highest BCUT2D eigenvalue weighted by Gasteiger charge is 2.22. The molecule has 0 bridgehead atoms. The first kappa shape index (κ1) is 11.5. The molecule has 1 atom stereocenters. The fraction of sp³-hybridized carbons (Fsp3) is 0.200. The van der Waals surface area contributed by atoms with Crippen molar-refractivity contribution in [3.63, 3.8) is 0 Å². The summed E-state index contributed by atoms with van der Waals surface area (Å²) in [5, 5.41) is 2.76. The van der Waals surface area contributed by atoms with Crippen LogP contribution in [0.1, 0.15) is 11.6 Å². The van der Waals surface area contributed by atoms with Crippen LogP contribution < -0.4 is 5.32 Å². The lowest BCUT2D eigenvalue weighted by atomic mass is 10.1. The Labute approximate surface area is 92.2 Å². The zero-order valence-electron chi connectivity index (χ0n) is 8.07. The summed E-state index contributed by atoms with van der Waals surface area (Å²) < 4.78 is 4.56. The van der Waals surface area contributed by atoms with Gasteiger partial charge in [-0.05, 0) is 6.07 Å². The number of benzene rings is 1. The molecule has 4 nitrogen and oxygen atoms in total. The van der Waals surface area contributed by atoms with Crippen LogP contribution in [0, 0.1) is 0 Å². The van der Waals surface area contributed by atoms with Gasteiger partial charge >= 0.3 is 5.97 Å². The Morgan fingerprint density at radius 2 is 2.20 bits per heavy atom. The van der Waals surface area contributed by atoms with Crippen LogP contribution in [-0.4, -0.2) is 19.5 Å². The van der Waals surface area contributed by atoms with Crippen LogP contribution in [-0.2, 0) is 14.3 Å². The first-order valence-corrected chi connectivity index (χ1v) is 4.60. The second-order valence-electron chi connectivity index (χ2n) is 2.76. The number of ether oxygens (including phenoxy) is 1. The number of hydrogen-bond donors (Lipinski definition) is 1. The summed E-state index contributed by atoms with van der Waals surface area (Å²) in [6.07, 6.45) is 0.435. The molecule has 0 saturated heterocycles. The summed E-state index contributed by atoms with van der Waals surface area (Å²) in [5.41, 5.74) is 0.512. The van der Waals surface area contributed by atoms with E-state index in [1.165, 1.54) is 7.11 Å². The van der Waals surface area contributed by atoms with Gasteiger partial charge in [-0.15, -0.1) is 0 Å². The third kappa shape index (κ3) is 2.70. The third-order valence-electron chi connectivity index (χ3n) is 1.89. The molecular formula is C10H10ClNO3. The molecule has 1 unspecified atom stereocenters. The highest BCUT2D eigenvalue weighted by Crippen LogP contribution is 2.23. The van der Waals surface area contributed by atoms with Gasteiger partial charge in [0.05, 0.1) is 7.11 Å². The Kier molecular flexibility index (Phi) is 4.12. The van der Waals surface area contributed by atoms with Gasteiger partial charge in [0, 0.05) is 10.6 Å². The molecule has 0 fully saturated rings. The number of carbonyl (C=O) groups excluding carboxylic acids is 2. The lowest BCUT2D eigenvalue weighted by Gasteiger charge is -2.14. The van der Waals surface area contributed by atoms with E-state index in [0.29, 0.717) is 17.0 Å². The van der Waals surface area contributed by atoms with Crippen LogP contribution >= 0.6 is 11.6 Å². The van der Waals surface area contributed by atoms with Crippen molar-refractivity contribution in [1.29, 1.82) is 0 Å². The predicted molar refractivity (Wildman–Crippen MR) is 55.4 cm³/mol. The fourth-order valence-corrected chi connectivity index (χ4v) is 1.42. The third-order valence-corrected chi connectivity index (χ3v) is 2.23. The van der Waals surface area contributed by atoms with Gasteiger partial charge in [0.2, 0.25) is 6.41 Å². The van der Waals surface area contributed by atoms with Crippen molar-refractivity contribution in [1.82, 2.24) is 5.32 Å². The van der Waals surface area contributed by atoms with Gasteiger partial charge in [0.25, 0.3) is 0 Å². The molecule has 15 heavy (non-hydrogen) atoms. The minimum absolute atomic E-state index is 0.405. The molecule has 1 rings (SSSR count). The number of rotatable bonds is 4. The maximum absolute atomic E-state index is 11.4. The Morgan fingerprint density at radius 1 is 1.53 bits per heavy atom. The first-order valence-electron chi connectivity index (χ1n) is 4.22. The molecule has 0 aliphatic rings. The number of methoxy groups -OCH3 is 1. The average molecular weight is 228 g/mol. The predicted octanol–water partition coefficient (Wildman–Crippen LogP) is 1.30. The van der Waals surface area contributed by atoms with Crippen LogP contribution in [0.2, 0.25) is 5.02 Å². The van der Waals surface area contributed by atoms with Crippen LogP contribution in [0.4, 0.5) is 0 Å². The Balaban J connectivity index is 3.03. The van der Waals surface area contributed by atoms with Crippen LogP contribution in [0.25, 0.3) is 0 Å². The number of amides is 1. The molecule has 0 aliphatic carbocycles. The summed E-state index contributed by atoms with van der Waals surface area (Å²) in [5.74, 6) is -0.560. The Hall–Kier alpha value is -1.55. The molecular weight excluding hydrogens is 218 g/mol. The molecule has 0 aromatic heterocycles. The van der Waals surface area contributed by atoms with Crippen molar-refractivity contribution in [3.05, 3.63) is 34.9 Å². The summed E-state index contributed by atoms with van der Waals surface area (Å²) in [4.78, 5) is 21.7. The van der Waals surface area contributed by atoms with Gasteiger partial charge in [-0.2, -0.15) is 0 Å². The van der Waals surface area contributed by atoms with Gasteiger partial charge in [0.1, 0.15) is 0 Å². The number of halogens is 1. The molecule has 1 aromatic carbocycles. The standard InChI is InChI=1S/C10H10ClNO3/c1-15-10(14)9(12-6-13)7-4-2-3-5-8(7)11/h2-6,9H,1H3,(H,12,13). The lowest BCUT2D eigenvalue weighted by molar-refractivity contribution is -0.144. The summed E-state index contributed by atoms with van der Waals surface area (Å²) >= 11 is 5.89. The van der Waals surface area contributed by atoms with E-state index in [-0.39, 0.29) is 0 Å². The quantitative estimate of drug-likeness (QED) is 0.623. The van der Waals surface area contributed by atoms with E-state index in [0.717, 1.165) is 0 Å². The van der Waals surface area contributed by atoms with Gasteiger partial charge in [-0.3, -0.25) is 4.79 Å². The average Bonchev–Trinajstić information content (AvgIpc) is 2.26. The minimum Gasteiger partial charge on any atom is -0.467 e. The molecule has 0 aliphatic heterocycles. The molecule has 1 amide bonds. The molecule has 0 saturated carbocycles. The summed E-state index contributed by atoms with van der Waals surface area (Å²) in [6, 6.07) is 5.89. The molecule has 5 heteroatoms. The van der Waals surface area contributed by atoms with E-state index < -0.39 is 12.0 Å². The van der Waals surface area contributed by atoms with Gasteiger partial charge in [-0.25, -0.2) is 4.79 Å². The van der Waals surface area contributed by atoms with Crippen molar-refractivity contribution in [2.45, 2.75) is 6.04 Å². The van der Waals surface area contributed by atoms with Crippen molar-refractivity contribution >= 4 is 24.0 Å². The van der Waals surface area contributed by atoms with Crippen molar-refractivity contribution in [2.24, 2.45) is 0 Å². The second-order valence-corrected chi connectivity index (χ2v) is 3.17. The largest absolute Gasteiger partial charge is 0.467 e. The van der Waals surface area contributed by atoms with Crippen molar-refractivity contribution < 1.29 is 14.3 Å². The molecule has 1 aromatic rings. The van der Waals surface area contributed by atoms with Gasteiger partial charge in [-0.1, -0.05) is 29.8 Å². The number of nitrogens with one attached hydrogen (secondary N) is 1. The zero-order valence-corrected chi connectivity index (χ0v) is 8.82. The molecule has 0 heterocycles. The summed E-state index contributed by atoms with van der Waals surface area (Å²) in [7, 11) is 1.25. The Bertz CT molecular complexity index is 367. The fourth-order valence-electron chi connectivity index (χ4n) is 1.18. The summed E-state index contributed by atoms with van der Waals surface area (Å²) in [6.45, 7) is 0. The normalized spacial score (nSPS) is 11.6. The van der Waals surface area contributed by atoms with Crippen molar-refractivity contribution in [2.75, 3.05) is 7.11 Å². The maximum Gasteiger partial charge on any atom is 0.333 e. The van der Waals surface area contributed by atoms with Gasteiger partial charge in [0.15, 0.2) is 6.04 Å². The van der Waals surface area contributed by atoms with E-state index in [9.17, 15) is 9.59 Å². The first-order chi connectivity index (χ1) is 7.20. The van der Waals surface area contributed by atoms with Crippen LogP contribution in [0.15, 0.2) is 24.3 Å². The van der Waals surface area contributed by atoms with Crippen LogP contribution in [0.3, 0.4) is 0 Å². The smallest absolute Gasteiger partial charge is 0.333 e. The highest BCUT2D eigenvalue weighted by molar-refractivity contribution is 6.31. The number of carbonyl (C=O) groups is 2. The minimum atomic E-state index is -0.860. The Morgan fingerprint density at radius 3 is 2.73 bits per heavy atom. The topological polar surface area (TPSA) is 55.4 Å². The number of esters is 1. The van der Waals surface area contributed by atoms with Crippen molar-refractivity contribution in [3.8, 4) is 0 Å². The number of hydrogen-bond acceptors (Lipinski definition) is 3.